The monoisotopic (exact) mass is 313 g/mol. The van der Waals surface area contributed by atoms with Gasteiger partial charge in [-0.2, -0.15) is 0 Å². The number of hydrogen-bond donors (Lipinski definition) is 1. The fourth-order valence-corrected chi connectivity index (χ4v) is 2.59. The molecule has 0 atom stereocenters. The third kappa shape index (κ3) is 2.86. The van der Waals surface area contributed by atoms with Gasteiger partial charge in [0.1, 0.15) is 5.82 Å². The van der Waals surface area contributed by atoms with E-state index in [1.807, 2.05) is 0 Å². The maximum atomic E-state index is 12.9. The zero-order valence-corrected chi connectivity index (χ0v) is 12.5. The van der Waals surface area contributed by atoms with E-state index >= 15 is 0 Å². The van der Waals surface area contributed by atoms with Crippen molar-refractivity contribution < 1.29 is 18.7 Å². The lowest BCUT2D eigenvalue weighted by Gasteiger charge is -2.10. The van der Waals surface area contributed by atoms with Crippen LogP contribution in [0.1, 0.15) is 23.2 Å². The molecule has 2 aliphatic rings. The van der Waals surface area contributed by atoms with Crippen LogP contribution in [0.2, 0.25) is 0 Å². The molecule has 1 N–H and O–H groups in total. The number of ether oxygens (including phenoxy) is 2. The number of rotatable bonds is 2. The van der Waals surface area contributed by atoms with Gasteiger partial charge in [-0.05, 0) is 55.3 Å². The Morgan fingerprint density at radius 2 is 1.70 bits per heavy atom. The third-order valence-electron chi connectivity index (χ3n) is 4.33. The van der Waals surface area contributed by atoms with E-state index in [9.17, 15) is 9.18 Å². The van der Waals surface area contributed by atoms with Crippen LogP contribution in [0.5, 0.6) is 11.5 Å². The summed E-state index contributed by atoms with van der Waals surface area (Å²) in [5.74, 6) is 0.661. The van der Waals surface area contributed by atoms with Crippen molar-refractivity contribution in [2.24, 2.45) is 5.41 Å². The van der Waals surface area contributed by atoms with Gasteiger partial charge in [0.25, 0.3) is 5.91 Å². The third-order valence-corrected chi connectivity index (χ3v) is 4.33. The van der Waals surface area contributed by atoms with Crippen molar-refractivity contribution in [2.45, 2.75) is 12.8 Å². The molecule has 1 amide bonds. The van der Waals surface area contributed by atoms with E-state index in [0.29, 0.717) is 36.0 Å². The summed E-state index contributed by atoms with van der Waals surface area (Å²) in [5.41, 5.74) is 1.18. The quantitative estimate of drug-likeness (QED) is 0.921. The lowest BCUT2D eigenvalue weighted by Crippen LogP contribution is -2.17. The van der Waals surface area contributed by atoms with E-state index < -0.39 is 0 Å². The lowest BCUT2D eigenvalue weighted by molar-refractivity contribution is 0.102. The highest BCUT2D eigenvalue weighted by molar-refractivity contribution is 6.04. The second-order valence-corrected chi connectivity index (χ2v) is 6.20. The highest BCUT2D eigenvalue weighted by Gasteiger charge is 2.46. The summed E-state index contributed by atoms with van der Waals surface area (Å²) in [5, 5.41) is 2.73. The van der Waals surface area contributed by atoms with Gasteiger partial charge < -0.3 is 14.8 Å². The van der Waals surface area contributed by atoms with Gasteiger partial charge in [0.15, 0.2) is 11.5 Å². The molecule has 1 fully saturated rings. The Kier molecular flexibility index (Phi) is 3.22. The summed E-state index contributed by atoms with van der Waals surface area (Å²) in [6, 6.07) is 10.8. The van der Waals surface area contributed by atoms with E-state index in [0.717, 1.165) is 12.8 Å². The summed E-state index contributed by atoms with van der Waals surface area (Å²) < 4.78 is 24.5. The predicted octanol–water partition coefficient (Wildman–Crippen LogP) is 3.63. The molecule has 1 heterocycles. The smallest absolute Gasteiger partial charge is 0.255 e. The number of carbonyl (C=O) groups is 1. The number of amides is 1. The minimum Gasteiger partial charge on any atom is -0.489 e. The summed E-state index contributed by atoms with van der Waals surface area (Å²) >= 11 is 0. The molecule has 0 bridgehead atoms. The average Bonchev–Trinajstić information content (AvgIpc) is 3.36. The molecule has 2 aromatic carbocycles. The van der Waals surface area contributed by atoms with Crippen LogP contribution >= 0.6 is 0 Å². The van der Waals surface area contributed by atoms with Gasteiger partial charge in [-0.15, -0.1) is 0 Å². The second kappa shape index (κ2) is 5.26. The molecule has 1 saturated carbocycles. The van der Waals surface area contributed by atoms with Gasteiger partial charge in [-0.1, -0.05) is 0 Å². The predicted molar refractivity (Wildman–Crippen MR) is 83.5 cm³/mol. The van der Waals surface area contributed by atoms with Crippen LogP contribution in [-0.2, 0) is 0 Å². The number of fused-ring (bicyclic) bond motifs is 1. The van der Waals surface area contributed by atoms with E-state index in [-0.39, 0.29) is 17.1 Å². The maximum Gasteiger partial charge on any atom is 0.255 e. The zero-order valence-electron chi connectivity index (χ0n) is 12.5. The number of carbonyl (C=O) groups excluding carboxylic acids is 1. The molecule has 4 nitrogen and oxygen atoms in total. The second-order valence-electron chi connectivity index (χ2n) is 6.20. The van der Waals surface area contributed by atoms with Crippen LogP contribution < -0.4 is 14.8 Å². The molecule has 0 saturated heterocycles. The largest absolute Gasteiger partial charge is 0.489 e. The van der Waals surface area contributed by atoms with Crippen LogP contribution in [-0.4, -0.2) is 19.1 Å². The van der Waals surface area contributed by atoms with Gasteiger partial charge in [-0.3, -0.25) is 4.79 Å². The molecule has 1 spiro atoms. The molecule has 1 aliphatic carbocycles. The normalized spacial score (nSPS) is 17.4. The molecule has 0 aromatic heterocycles. The molecule has 2 aromatic rings. The van der Waals surface area contributed by atoms with Crippen molar-refractivity contribution in [2.75, 3.05) is 18.5 Å². The molecule has 1 aliphatic heterocycles. The SMILES string of the molecule is O=C(Nc1ccc(F)cc1)c1ccc2c(c1)OCC1(CC1)CO2. The van der Waals surface area contributed by atoms with Crippen molar-refractivity contribution in [3.8, 4) is 11.5 Å². The van der Waals surface area contributed by atoms with Crippen molar-refractivity contribution in [1.29, 1.82) is 0 Å². The van der Waals surface area contributed by atoms with Crippen molar-refractivity contribution in [1.82, 2.24) is 0 Å². The molecule has 0 radical (unpaired) electrons. The number of benzene rings is 2. The summed E-state index contributed by atoms with van der Waals surface area (Å²) in [6.07, 6.45) is 2.25. The Morgan fingerprint density at radius 3 is 2.39 bits per heavy atom. The van der Waals surface area contributed by atoms with Gasteiger partial charge >= 0.3 is 0 Å². The van der Waals surface area contributed by atoms with E-state index in [1.165, 1.54) is 24.3 Å². The van der Waals surface area contributed by atoms with Gasteiger partial charge in [0, 0.05) is 16.7 Å². The Balaban J connectivity index is 1.52. The molecule has 0 unspecified atom stereocenters. The molecule has 23 heavy (non-hydrogen) atoms. The van der Waals surface area contributed by atoms with Crippen molar-refractivity contribution in [3.63, 3.8) is 0 Å². The number of anilines is 1. The lowest BCUT2D eigenvalue weighted by atomic mass is 10.1. The first kappa shape index (κ1) is 14.1. The van der Waals surface area contributed by atoms with Crippen molar-refractivity contribution >= 4 is 11.6 Å². The zero-order chi connectivity index (χ0) is 15.9. The van der Waals surface area contributed by atoms with Crippen molar-refractivity contribution in [3.05, 3.63) is 53.8 Å². The Bertz CT molecular complexity index is 753. The Labute approximate surface area is 133 Å². The van der Waals surface area contributed by atoms with Crippen LogP contribution in [0.15, 0.2) is 42.5 Å². The first-order valence-electron chi connectivity index (χ1n) is 7.60. The highest BCUT2D eigenvalue weighted by atomic mass is 19.1. The number of nitrogens with one attached hydrogen (secondary N) is 1. The van der Waals surface area contributed by atoms with Crippen LogP contribution in [0.25, 0.3) is 0 Å². The summed E-state index contributed by atoms with van der Waals surface area (Å²) in [6.45, 7) is 1.30. The molecule has 4 rings (SSSR count). The molecular formula is C18H16FNO3. The van der Waals surface area contributed by atoms with Gasteiger partial charge in [0.2, 0.25) is 0 Å². The molecular weight excluding hydrogens is 297 g/mol. The summed E-state index contributed by atoms with van der Waals surface area (Å²) in [4.78, 5) is 12.3. The minimum atomic E-state index is -0.340. The molecule has 118 valence electrons. The first-order chi connectivity index (χ1) is 11.1. The van der Waals surface area contributed by atoms with E-state index in [4.69, 9.17) is 9.47 Å². The topological polar surface area (TPSA) is 47.6 Å². The number of halogens is 1. The number of hydrogen-bond acceptors (Lipinski definition) is 3. The summed E-state index contributed by atoms with van der Waals surface area (Å²) in [7, 11) is 0. The fraction of sp³-hybridized carbons (Fsp3) is 0.278. The first-order valence-corrected chi connectivity index (χ1v) is 7.60. The van der Waals surface area contributed by atoms with E-state index in [1.54, 1.807) is 18.2 Å². The minimum absolute atomic E-state index is 0.162. The van der Waals surface area contributed by atoms with Gasteiger partial charge in [-0.25, -0.2) is 4.39 Å². The van der Waals surface area contributed by atoms with E-state index in [2.05, 4.69) is 5.32 Å². The Hall–Kier alpha value is -2.56. The molecule has 5 heteroatoms. The van der Waals surface area contributed by atoms with Gasteiger partial charge in [0.05, 0.1) is 13.2 Å². The van der Waals surface area contributed by atoms with Crippen LogP contribution in [0.4, 0.5) is 10.1 Å². The highest BCUT2D eigenvalue weighted by Crippen LogP contribution is 2.49. The maximum absolute atomic E-state index is 12.9. The van der Waals surface area contributed by atoms with Crippen LogP contribution in [0, 0.1) is 11.2 Å². The standard InChI is InChI=1S/C18H16FNO3/c19-13-2-4-14(5-3-13)20-17(21)12-1-6-15-16(9-12)23-11-18(7-8-18)10-22-15/h1-6,9H,7-8,10-11H2,(H,20,21). The van der Waals surface area contributed by atoms with Crippen LogP contribution in [0.3, 0.4) is 0 Å². The average molecular weight is 313 g/mol. The Morgan fingerprint density at radius 1 is 1.00 bits per heavy atom. The fourth-order valence-electron chi connectivity index (χ4n) is 2.59.